The molecule has 9 heteroatoms. The van der Waals surface area contributed by atoms with Gasteiger partial charge in [-0.1, -0.05) is 0 Å². The summed E-state index contributed by atoms with van der Waals surface area (Å²) in [4.78, 5) is 9.91. The van der Waals surface area contributed by atoms with Gasteiger partial charge in [0.05, 0.1) is 9.82 Å². The number of hydrogen-bond acceptors (Lipinski definition) is 6. The van der Waals surface area contributed by atoms with Crippen molar-refractivity contribution in [3.8, 4) is 0 Å². The molecular formula is C11H14N4O4S. The highest BCUT2D eigenvalue weighted by Gasteiger charge is 2.30. The quantitative estimate of drug-likeness (QED) is 0.404. The molecular weight excluding hydrogens is 284 g/mol. The molecule has 0 radical (unpaired) electrons. The third-order valence-corrected chi connectivity index (χ3v) is 4.65. The maximum absolute atomic E-state index is 12.1. The van der Waals surface area contributed by atoms with Crippen LogP contribution in [-0.2, 0) is 10.0 Å². The van der Waals surface area contributed by atoms with Crippen LogP contribution in [0, 0.1) is 21.4 Å². The highest BCUT2D eigenvalue weighted by Crippen LogP contribution is 2.17. The van der Waals surface area contributed by atoms with Crippen LogP contribution in [0.3, 0.4) is 0 Å². The molecule has 2 atom stereocenters. The zero-order chi connectivity index (χ0) is 14.8. The van der Waals surface area contributed by atoms with E-state index in [0.717, 1.165) is 12.1 Å². The Balaban J connectivity index is 2.17. The standard InChI is InChI=1S/C11H14N4O4S/c12-5-8-6-13-7-11(8)14-20(18,19)10-3-1-9(2-4-10)15(16)17/h1-5,8,11-14H,6-7H2/t8-,11-/m1/s1. The van der Waals surface area contributed by atoms with Crippen molar-refractivity contribution < 1.29 is 13.3 Å². The lowest BCUT2D eigenvalue weighted by Gasteiger charge is -2.16. The van der Waals surface area contributed by atoms with E-state index in [0.29, 0.717) is 13.1 Å². The largest absolute Gasteiger partial charge is 0.314 e. The van der Waals surface area contributed by atoms with E-state index < -0.39 is 14.9 Å². The molecule has 1 aliphatic heterocycles. The van der Waals surface area contributed by atoms with E-state index in [2.05, 4.69) is 10.0 Å². The molecule has 0 unspecified atom stereocenters. The molecule has 1 aliphatic rings. The monoisotopic (exact) mass is 298 g/mol. The summed E-state index contributed by atoms with van der Waals surface area (Å²) in [5.41, 5.74) is -0.163. The summed E-state index contributed by atoms with van der Waals surface area (Å²) < 4.78 is 26.8. The fourth-order valence-corrected chi connectivity index (χ4v) is 3.30. The van der Waals surface area contributed by atoms with Crippen molar-refractivity contribution in [3.05, 3.63) is 34.4 Å². The number of nitro groups is 1. The third-order valence-electron chi connectivity index (χ3n) is 3.14. The molecule has 20 heavy (non-hydrogen) atoms. The molecule has 0 spiro atoms. The van der Waals surface area contributed by atoms with Gasteiger partial charge in [-0.15, -0.1) is 0 Å². The van der Waals surface area contributed by atoms with Crippen molar-refractivity contribution in [2.45, 2.75) is 10.9 Å². The summed E-state index contributed by atoms with van der Waals surface area (Å²) in [6.45, 7) is 1.00. The van der Waals surface area contributed by atoms with E-state index in [1.165, 1.54) is 18.3 Å². The van der Waals surface area contributed by atoms with E-state index in [9.17, 15) is 18.5 Å². The van der Waals surface area contributed by atoms with E-state index in [1.54, 1.807) is 0 Å². The summed E-state index contributed by atoms with van der Waals surface area (Å²) in [7, 11) is -3.75. The Morgan fingerprint density at radius 1 is 1.35 bits per heavy atom. The van der Waals surface area contributed by atoms with Gasteiger partial charge in [-0.05, 0) is 12.1 Å². The minimum absolute atomic E-state index is 0.0290. The fourth-order valence-electron chi connectivity index (χ4n) is 2.02. The van der Waals surface area contributed by atoms with Crippen LogP contribution in [0.2, 0.25) is 0 Å². The van der Waals surface area contributed by atoms with Crippen LogP contribution in [0.4, 0.5) is 5.69 Å². The second kappa shape index (κ2) is 5.65. The average molecular weight is 298 g/mol. The van der Waals surface area contributed by atoms with Crippen molar-refractivity contribution in [1.29, 1.82) is 5.41 Å². The number of benzene rings is 1. The lowest BCUT2D eigenvalue weighted by molar-refractivity contribution is -0.384. The molecule has 1 aromatic carbocycles. The van der Waals surface area contributed by atoms with Gasteiger partial charge in [-0.3, -0.25) is 10.1 Å². The van der Waals surface area contributed by atoms with Gasteiger partial charge in [0.25, 0.3) is 5.69 Å². The maximum Gasteiger partial charge on any atom is 0.269 e. The van der Waals surface area contributed by atoms with Gasteiger partial charge in [0.2, 0.25) is 10.0 Å². The van der Waals surface area contributed by atoms with Crippen molar-refractivity contribution >= 4 is 21.9 Å². The van der Waals surface area contributed by atoms with Crippen molar-refractivity contribution in [2.24, 2.45) is 5.92 Å². The molecule has 0 amide bonds. The minimum Gasteiger partial charge on any atom is -0.314 e. The predicted molar refractivity (Wildman–Crippen MR) is 72.3 cm³/mol. The van der Waals surface area contributed by atoms with Crippen molar-refractivity contribution in [2.75, 3.05) is 13.1 Å². The SMILES string of the molecule is N=C[C@@H]1CNC[C@H]1NS(=O)(=O)c1ccc([N+](=O)[O-])cc1. The summed E-state index contributed by atoms with van der Waals surface area (Å²) in [6.07, 6.45) is 1.21. The molecule has 1 heterocycles. The van der Waals surface area contributed by atoms with E-state index in [-0.39, 0.29) is 22.5 Å². The Morgan fingerprint density at radius 2 is 2.00 bits per heavy atom. The van der Waals surface area contributed by atoms with Crippen molar-refractivity contribution in [1.82, 2.24) is 10.0 Å². The molecule has 2 rings (SSSR count). The molecule has 1 saturated heterocycles. The van der Waals surface area contributed by atoms with Crippen LogP contribution in [0.25, 0.3) is 0 Å². The lowest BCUT2D eigenvalue weighted by atomic mass is 10.1. The van der Waals surface area contributed by atoms with Gasteiger partial charge in [0, 0.05) is 43.4 Å². The van der Waals surface area contributed by atoms with E-state index in [4.69, 9.17) is 5.41 Å². The highest BCUT2D eigenvalue weighted by atomic mass is 32.2. The molecule has 3 N–H and O–H groups in total. The maximum atomic E-state index is 12.1. The molecule has 0 aliphatic carbocycles. The zero-order valence-corrected chi connectivity index (χ0v) is 11.3. The van der Waals surface area contributed by atoms with Crippen LogP contribution >= 0.6 is 0 Å². The number of non-ortho nitro benzene ring substituents is 1. The number of sulfonamides is 1. The topological polar surface area (TPSA) is 125 Å². The third kappa shape index (κ3) is 3.00. The number of rotatable bonds is 5. The lowest BCUT2D eigenvalue weighted by Crippen LogP contribution is -2.40. The van der Waals surface area contributed by atoms with Crippen LogP contribution < -0.4 is 10.0 Å². The summed E-state index contributed by atoms with van der Waals surface area (Å²) >= 11 is 0. The Morgan fingerprint density at radius 3 is 2.55 bits per heavy atom. The van der Waals surface area contributed by atoms with Crippen LogP contribution in [0.1, 0.15) is 0 Å². The zero-order valence-electron chi connectivity index (χ0n) is 10.4. The van der Waals surface area contributed by atoms with E-state index >= 15 is 0 Å². The molecule has 1 fully saturated rings. The predicted octanol–water partition coefficient (Wildman–Crippen LogP) is 0.111. The first-order valence-electron chi connectivity index (χ1n) is 5.92. The molecule has 1 aromatic rings. The molecule has 8 nitrogen and oxygen atoms in total. The van der Waals surface area contributed by atoms with Crippen LogP contribution in [-0.4, -0.2) is 38.7 Å². The Labute approximate surface area is 115 Å². The average Bonchev–Trinajstić information content (AvgIpc) is 2.85. The summed E-state index contributed by atoms with van der Waals surface area (Å²) in [5, 5.41) is 20.8. The molecule has 0 bridgehead atoms. The Hall–Kier alpha value is -1.84. The molecule has 108 valence electrons. The second-order valence-corrected chi connectivity index (χ2v) is 6.18. The van der Waals surface area contributed by atoms with Gasteiger partial charge in [-0.2, -0.15) is 0 Å². The Kier molecular flexibility index (Phi) is 4.12. The van der Waals surface area contributed by atoms with Gasteiger partial charge in [-0.25, -0.2) is 13.1 Å². The Bertz CT molecular complexity index is 614. The van der Waals surface area contributed by atoms with Gasteiger partial charge in [0.15, 0.2) is 0 Å². The van der Waals surface area contributed by atoms with Gasteiger partial charge < -0.3 is 10.7 Å². The smallest absolute Gasteiger partial charge is 0.269 e. The summed E-state index contributed by atoms with van der Waals surface area (Å²) in [5.74, 6) is -0.192. The fraction of sp³-hybridized carbons (Fsp3) is 0.364. The summed E-state index contributed by atoms with van der Waals surface area (Å²) in [6, 6.07) is 4.31. The van der Waals surface area contributed by atoms with Crippen LogP contribution in [0.5, 0.6) is 0 Å². The molecule has 0 aromatic heterocycles. The van der Waals surface area contributed by atoms with Gasteiger partial charge >= 0.3 is 0 Å². The minimum atomic E-state index is -3.75. The second-order valence-electron chi connectivity index (χ2n) is 4.47. The normalized spacial score (nSPS) is 22.6. The van der Waals surface area contributed by atoms with Crippen molar-refractivity contribution in [3.63, 3.8) is 0 Å². The number of nitrogens with zero attached hydrogens (tertiary/aromatic N) is 1. The van der Waals surface area contributed by atoms with Crippen LogP contribution in [0.15, 0.2) is 29.2 Å². The first-order valence-corrected chi connectivity index (χ1v) is 7.40. The highest BCUT2D eigenvalue weighted by molar-refractivity contribution is 7.89. The first-order chi connectivity index (χ1) is 9.44. The first kappa shape index (κ1) is 14.6. The number of nitro benzene ring substituents is 1. The molecule has 0 saturated carbocycles. The number of hydrogen-bond donors (Lipinski definition) is 3. The number of nitrogens with one attached hydrogen (secondary N) is 3. The van der Waals surface area contributed by atoms with E-state index in [1.807, 2.05) is 0 Å². The van der Waals surface area contributed by atoms with Gasteiger partial charge in [0.1, 0.15) is 0 Å².